The first-order valence-corrected chi connectivity index (χ1v) is 6.74. The molecule has 1 aromatic rings. The minimum Gasteiger partial charge on any atom is -0.490 e. The molecular formula is C15H21NO. The number of benzene rings is 1. The summed E-state index contributed by atoms with van der Waals surface area (Å²) in [4.78, 5) is 0. The van der Waals surface area contributed by atoms with E-state index in [1.54, 1.807) is 0 Å². The fourth-order valence-electron chi connectivity index (χ4n) is 2.75. The third-order valence-corrected chi connectivity index (χ3v) is 4.43. The Hall–Kier alpha value is -1.02. The number of rotatable bonds is 4. The molecular weight excluding hydrogens is 210 g/mol. The van der Waals surface area contributed by atoms with Crippen molar-refractivity contribution in [3.8, 4) is 5.75 Å². The Labute approximate surface area is 103 Å². The second-order valence-corrected chi connectivity index (χ2v) is 5.61. The molecule has 0 heterocycles. The zero-order valence-electron chi connectivity index (χ0n) is 10.5. The zero-order chi connectivity index (χ0) is 11.9. The Balaban J connectivity index is 1.88. The van der Waals surface area contributed by atoms with E-state index in [9.17, 15) is 0 Å². The summed E-state index contributed by atoms with van der Waals surface area (Å²) in [7, 11) is 0. The second-order valence-electron chi connectivity index (χ2n) is 5.61. The molecule has 1 atom stereocenters. The fourth-order valence-corrected chi connectivity index (χ4v) is 2.75. The van der Waals surface area contributed by atoms with Gasteiger partial charge in [-0.25, -0.2) is 0 Å². The number of ether oxygens (including phenoxy) is 1. The molecule has 17 heavy (non-hydrogen) atoms. The van der Waals surface area contributed by atoms with Crippen molar-refractivity contribution in [2.45, 2.75) is 56.6 Å². The standard InChI is InChI=1S/C15H21NO/c1-11(16)15(9-10-15)13-7-2-3-8-14(13)17-12-5-4-6-12/h2-3,7-8,11-12H,4-6,9-10,16H2,1H3. The molecule has 0 aromatic heterocycles. The van der Waals surface area contributed by atoms with Crippen LogP contribution in [0.15, 0.2) is 24.3 Å². The highest BCUT2D eigenvalue weighted by Crippen LogP contribution is 2.53. The second kappa shape index (κ2) is 4.02. The average Bonchev–Trinajstić information content (AvgIpc) is 3.05. The van der Waals surface area contributed by atoms with Crippen LogP contribution in [-0.2, 0) is 5.41 Å². The van der Waals surface area contributed by atoms with E-state index in [-0.39, 0.29) is 11.5 Å². The molecule has 1 unspecified atom stereocenters. The Bertz CT molecular complexity index is 405. The quantitative estimate of drug-likeness (QED) is 0.864. The lowest BCUT2D eigenvalue weighted by molar-refractivity contribution is 0.118. The number of para-hydroxylation sites is 1. The summed E-state index contributed by atoms with van der Waals surface area (Å²) in [6.45, 7) is 2.12. The molecule has 0 aliphatic heterocycles. The summed E-state index contributed by atoms with van der Waals surface area (Å²) >= 11 is 0. The molecule has 2 aliphatic carbocycles. The van der Waals surface area contributed by atoms with Gasteiger partial charge in [0.1, 0.15) is 5.75 Å². The van der Waals surface area contributed by atoms with Crippen LogP contribution in [0.2, 0.25) is 0 Å². The molecule has 2 aliphatic rings. The molecule has 2 heteroatoms. The van der Waals surface area contributed by atoms with Crippen LogP contribution in [0.3, 0.4) is 0 Å². The summed E-state index contributed by atoms with van der Waals surface area (Å²) in [5.74, 6) is 1.08. The lowest BCUT2D eigenvalue weighted by atomic mass is 9.88. The number of nitrogens with two attached hydrogens (primary N) is 1. The average molecular weight is 231 g/mol. The van der Waals surface area contributed by atoms with E-state index in [1.165, 1.54) is 37.7 Å². The zero-order valence-corrected chi connectivity index (χ0v) is 10.5. The Morgan fingerprint density at radius 1 is 1.29 bits per heavy atom. The van der Waals surface area contributed by atoms with Gasteiger partial charge in [0.05, 0.1) is 6.10 Å². The van der Waals surface area contributed by atoms with E-state index in [4.69, 9.17) is 10.5 Å². The van der Waals surface area contributed by atoms with Gasteiger partial charge in [0.25, 0.3) is 0 Å². The molecule has 2 nitrogen and oxygen atoms in total. The van der Waals surface area contributed by atoms with E-state index < -0.39 is 0 Å². The highest BCUT2D eigenvalue weighted by Gasteiger charge is 2.49. The van der Waals surface area contributed by atoms with Crippen molar-refractivity contribution in [3.63, 3.8) is 0 Å². The monoisotopic (exact) mass is 231 g/mol. The molecule has 1 aromatic carbocycles. The Kier molecular flexibility index (Phi) is 2.62. The fraction of sp³-hybridized carbons (Fsp3) is 0.600. The van der Waals surface area contributed by atoms with Crippen molar-refractivity contribution >= 4 is 0 Å². The van der Waals surface area contributed by atoms with Crippen LogP contribution in [0, 0.1) is 0 Å². The molecule has 0 radical (unpaired) electrons. The minimum atomic E-state index is 0.195. The van der Waals surface area contributed by atoms with Gasteiger partial charge in [-0.3, -0.25) is 0 Å². The van der Waals surface area contributed by atoms with Gasteiger partial charge < -0.3 is 10.5 Å². The smallest absolute Gasteiger partial charge is 0.123 e. The number of hydrogen-bond donors (Lipinski definition) is 1. The molecule has 2 saturated carbocycles. The van der Waals surface area contributed by atoms with Crippen LogP contribution in [0.1, 0.15) is 44.6 Å². The van der Waals surface area contributed by atoms with Crippen molar-refractivity contribution < 1.29 is 4.74 Å². The lowest BCUT2D eigenvalue weighted by Gasteiger charge is -2.30. The summed E-state index contributed by atoms with van der Waals surface area (Å²) in [6.07, 6.45) is 6.58. The molecule has 3 rings (SSSR count). The maximum Gasteiger partial charge on any atom is 0.123 e. The van der Waals surface area contributed by atoms with Crippen molar-refractivity contribution in [2.24, 2.45) is 5.73 Å². The first-order valence-electron chi connectivity index (χ1n) is 6.74. The number of hydrogen-bond acceptors (Lipinski definition) is 2. The van der Waals surface area contributed by atoms with E-state index in [0.29, 0.717) is 6.10 Å². The third-order valence-electron chi connectivity index (χ3n) is 4.43. The molecule has 0 saturated heterocycles. The molecule has 92 valence electrons. The molecule has 0 amide bonds. The van der Waals surface area contributed by atoms with Gasteiger partial charge in [-0.05, 0) is 45.1 Å². The summed E-state index contributed by atoms with van der Waals surface area (Å²) < 4.78 is 6.10. The predicted octanol–water partition coefficient (Wildman–Crippen LogP) is 3.00. The van der Waals surface area contributed by atoms with Crippen molar-refractivity contribution in [2.75, 3.05) is 0 Å². The third kappa shape index (κ3) is 1.85. The van der Waals surface area contributed by atoms with E-state index in [2.05, 4.69) is 31.2 Å². The van der Waals surface area contributed by atoms with Gasteiger partial charge in [-0.1, -0.05) is 18.2 Å². The lowest BCUT2D eigenvalue weighted by Crippen LogP contribution is -2.33. The van der Waals surface area contributed by atoms with Gasteiger partial charge in [0.15, 0.2) is 0 Å². The topological polar surface area (TPSA) is 35.2 Å². The molecule has 2 N–H and O–H groups in total. The van der Waals surface area contributed by atoms with Crippen LogP contribution in [-0.4, -0.2) is 12.1 Å². The van der Waals surface area contributed by atoms with E-state index in [0.717, 1.165) is 5.75 Å². The highest BCUT2D eigenvalue weighted by atomic mass is 16.5. The molecule has 0 spiro atoms. The molecule has 2 fully saturated rings. The summed E-state index contributed by atoms with van der Waals surface area (Å²) in [6, 6.07) is 8.69. The van der Waals surface area contributed by atoms with Crippen LogP contribution in [0.25, 0.3) is 0 Å². The van der Waals surface area contributed by atoms with Crippen molar-refractivity contribution in [1.82, 2.24) is 0 Å². The van der Waals surface area contributed by atoms with Gasteiger partial charge >= 0.3 is 0 Å². The highest BCUT2D eigenvalue weighted by molar-refractivity contribution is 5.44. The first kappa shape index (κ1) is 11.1. The Morgan fingerprint density at radius 3 is 2.53 bits per heavy atom. The molecule has 0 bridgehead atoms. The normalized spacial score (nSPS) is 23.9. The Morgan fingerprint density at radius 2 is 2.00 bits per heavy atom. The van der Waals surface area contributed by atoms with Gasteiger partial charge in [0, 0.05) is 17.0 Å². The van der Waals surface area contributed by atoms with Crippen molar-refractivity contribution in [1.29, 1.82) is 0 Å². The van der Waals surface area contributed by atoms with Gasteiger partial charge in [-0.2, -0.15) is 0 Å². The summed E-state index contributed by atoms with van der Waals surface area (Å²) in [5, 5.41) is 0. The predicted molar refractivity (Wildman–Crippen MR) is 69.3 cm³/mol. The van der Waals surface area contributed by atoms with Gasteiger partial charge in [-0.15, -0.1) is 0 Å². The SMILES string of the molecule is CC(N)C1(c2ccccc2OC2CCC2)CC1. The van der Waals surface area contributed by atoms with Crippen LogP contribution >= 0.6 is 0 Å². The van der Waals surface area contributed by atoms with E-state index >= 15 is 0 Å². The van der Waals surface area contributed by atoms with Crippen LogP contribution < -0.4 is 10.5 Å². The summed E-state index contributed by atoms with van der Waals surface area (Å²) in [5.41, 5.74) is 7.69. The van der Waals surface area contributed by atoms with Gasteiger partial charge in [0.2, 0.25) is 0 Å². The maximum atomic E-state index is 6.16. The van der Waals surface area contributed by atoms with Crippen LogP contribution in [0.4, 0.5) is 0 Å². The first-order chi connectivity index (χ1) is 8.22. The van der Waals surface area contributed by atoms with E-state index in [1.807, 2.05) is 0 Å². The van der Waals surface area contributed by atoms with Crippen molar-refractivity contribution in [3.05, 3.63) is 29.8 Å². The van der Waals surface area contributed by atoms with Crippen LogP contribution in [0.5, 0.6) is 5.75 Å². The minimum absolute atomic E-state index is 0.195. The largest absolute Gasteiger partial charge is 0.490 e. The maximum absolute atomic E-state index is 6.16.